The second-order valence-electron chi connectivity index (χ2n) is 8.87. The van der Waals surface area contributed by atoms with Crippen LogP contribution in [0.2, 0.25) is 0 Å². The van der Waals surface area contributed by atoms with Crippen molar-refractivity contribution in [1.29, 1.82) is 0 Å². The Hall–Kier alpha value is -3.53. The molecule has 35 heavy (non-hydrogen) atoms. The molecule has 0 saturated carbocycles. The van der Waals surface area contributed by atoms with Crippen LogP contribution in [0.3, 0.4) is 0 Å². The summed E-state index contributed by atoms with van der Waals surface area (Å²) in [5.74, 6) is 3.77. The molecule has 1 atom stereocenters. The van der Waals surface area contributed by atoms with E-state index in [1.807, 2.05) is 12.1 Å². The lowest BCUT2D eigenvalue weighted by Crippen LogP contribution is -2.34. The maximum absolute atomic E-state index is 12.7. The Kier molecular flexibility index (Phi) is 7.60. The molecule has 3 heterocycles. The maximum atomic E-state index is 12.7. The first-order valence-corrected chi connectivity index (χ1v) is 11.7. The van der Waals surface area contributed by atoms with Gasteiger partial charge in [0, 0.05) is 44.7 Å². The fraction of sp³-hybridized carbons (Fsp3) is 0.480. The molecule has 10 heteroatoms. The molecule has 1 amide bonds. The van der Waals surface area contributed by atoms with E-state index in [1.54, 1.807) is 27.4 Å². The Morgan fingerprint density at radius 2 is 1.83 bits per heavy atom. The van der Waals surface area contributed by atoms with Crippen molar-refractivity contribution in [1.82, 2.24) is 25.0 Å². The fourth-order valence-electron chi connectivity index (χ4n) is 4.38. The summed E-state index contributed by atoms with van der Waals surface area (Å²) in [6.45, 7) is 7.10. The zero-order valence-electron chi connectivity index (χ0n) is 20.9. The number of amides is 1. The Labute approximate surface area is 205 Å². The highest BCUT2D eigenvalue weighted by Gasteiger charge is 2.28. The third-order valence-electron chi connectivity index (χ3n) is 6.36. The molecule has 0 saturated heterocycles. The quantitative estimate of drug-likeness (QED) is 0.495. The monoisotopic (exact) mass is 483 g/mol. The van der Waals surface area contributed by atoms with Gasteiger partial charge in [-0.2, -0.15) is 0 Å². The van der Waals surface area contributed by atoms with E-state index in [4.69, 9.17) is 18.6 Å². The van der Waals surface area contributed by atoms with Crippen LogP contribution >= 0.6 is 0 Å². The second kappa shape index (κ2) is 10.8. The smallest absolute Gasteiger partial charge is 0.255 e. The van der Waals surface area contributed by atoms with E-state index in [-0.39, 0.29) is 17.9 Å². The zero-order valence-corrected chi connectivity index (χ0v) is 20.9. The van der Waals surface area contributed by atoms with Gasteiger partial charge in [0.2, 0.25) is 0 Å². The standard InChI is InChI=1S/C25H33N5O5/c1-16(2)23(26-25(31)17-7-11-35-15-17)24-28-27-22-6-8-29(9-10-30(22)24)14-19-20(33-4)12-18(32-3)13-21(19)34-5/h7,11-13,15-16,23H,6,8-10,14H2,1-5H3,(H,26,31). The first-order valence-electron chi connectivity index (χ1n) is 11.7. The van der Waals surface area contributed by atoms with Crippen LogP contribution in [0, 0.1) is 5.92 Å². The van der Waals surface area contributed by atoms with E-state index in [2.05, 4.69) is 38.8 Å². The highest BCUT2D eigenvalue weighted by atomic mass is 16.5. The van der Waals surface area contributed by atoms with Crippen molar-refractivity contribution in [2.45, 2.75) is 39.4 Å². The van der Waals surface area contributed by atoms with Gasteiger partial charge < -0.3 is 28.5 Å². The molecule has 188 valence electrons. The lowest BCUT2D eigenvalue weighted by Gasteiger charge is -2.24. The first-order chi connectivity index (χ1) is 16.9. The van der Waals surface area contributed by atoms with Crippen LogP contribution in [-0.2, 0) is 19.5 Å². The van der Waals surface area contributed by atoms with Gasteiger partial charge in [-0.1, -0.05) is 13.8 Å². The number of carbonyl (C=O) groups excluding carboxylic acids is 1. The zero-order chi connectivity index (χ0) is 24.9. The van der Waals surface area contributed by atoms with Gasteiger partial charge in [-0.15, -0.1) is 10.2 Å². The SMILES string of the molecule is COc1cc(OC)c(CN2CCc3nnc(C(NC(=O)c4ccoc4)C(C)C)n3CC2)c(OC)c1. The number of hydrogen-bond donors (Lipinski definition) is 1. The number of aromatic nitrogens is 3. The van der Waals surface area contributed by atoms with Crippen LogP contribution in [0.15, 0.2) is 35.1 Å². The number of hydrogen-bond acceptors (Lipinski definition) is 8. The summed E-state index contributed by atoms with van der Waals surface area (Å²) >= 11 is 0. The first kappa shape index (κ1) is 24.6. The van der Waals surface area contributed by atoms with Gasteiger partial charge in [0.15, 0.2) is 5.82 Å². The van der Waals surface area contributed by atoms with Crippen LogP contribution in [0.4, 0.5) is 0 Å². The minimum atomic E-state index is -0.271. The minimum absolute atomic E-state index is 0.131. The molecular weight excluding hydrogens is 450 g/mol. The van der Waals surface area contributed by atoms with E-state index in [0.29, 0.717) is 24.4 Å². The van der Waals surface area contributed by atoms with Crippen molar-refractivity contribution >= 4 is 5.91 Å². The number of ether oxygens (including phenoxy) is 3. The molecular formula is C25H33N5O5. The highest BCUT2D eigenvalue weighted by Crippen LogP contribution is 2.35. The Morgan fingerprint density at radius 1 is 1.09 bits per heavy atom. The van der Waals surface area contributed by atoms with E-state index in [1.165, 1.54) is 12.5 Å². The molecule has 10 nitrogen and oxygen atoms in total. The summed E-state index contributed by atoms with van der Waals surface area (Å²) in [4.78, 5) is 15.1. The Morgan fingerprint density at radius 3 is 2.43 bits per heavy atom. The topological polar surface area (TPSA) is 104 Å². The molecule has 1 unspecified atom stereocenters. The van der Waals surface area contributed by atoms with Gasteiger partial charge in [0.1, 0.15) is 29.3 Å². The average molecular weight is 484 g/mol. The number of nitrogens with one attached hydrogen (secondary N) is 1. The molecule has 0 bridgehead atoms. The minimum Gasteiger partial charge on any atom is -0.496 e. The lowest BCUT2D eigenvalue weighted by molar-refractivity contribution is 0.0921. The summed E-state index contributed by atoms with van der Waals surface area (Å²) in [6, 6.07) is 5.13. The molecule has 1 aliphatic rings. The summed E-state index contributed by atoms with van der Waals surface area (Å²) in [5, 5.41) is 12.1. The van der Waals surface area contributed by atoms with Crippen LogP contribution in [0.25, 0.3) is 0 Å². The predicted molar refractivity (Wildman–Crippen MR) is 129 cm³/mol. The molecule has 0 radical (unpaired) electrons. The van der Waals surface area contributed by atoms with E-state index < -0.39 is 0 Å². The van der Waals surface area contributed by atoms with Crippen molar-refractivity contribution in [3.05, 3.63) is 53.5 Å². The van der Waals surface area contributed by atoms with Crippen LogP contribution in [0.5, 0.6) is 17.2 Å². The van der Waals surface area contributed by atoms with Crippen molar-refractivity contribution < 1.29 is 23.4 Å². The molecule has 3 aromatic rings. The number of methoxy groups -OCH3 is 3. The van der Waals surface area contributed by atoms with Gasteiger partial charge in [0.05, 0.1) is 44.8 Å². The number of carbonyl (C=O) groups is 1. The third kappa shape index (κ3) is 5.27. The van der Waals surface area contributed by atoms with Gasteiger partial charge in [-0.3, -0.25) is 9.69 Å². The summed E-state index contributed by atoms with van der Waals surface area (Å²) < 4.78 is 23.8. The molecule has 1 aromatic carbocycles. The molecule has 0 fully saturated rings. The van der Waals surface area contributed by atoms with E-state index >= 15 is 0 Å². The van der Waals surface area contributed by atoms with Gasteiger partial charge >= 0.3 is 0 Å². The average Bonchev–Trinajstić information content (AvgIpc) is 3.50. The summed E-state index contributed by atoms with van der Waals surface area (Å²) in [5.41, 5.74) is 1.46. The van der Waals surface area contributed by atoms with Crippen LogP contribution in [-0.4, -0.2) is 60.0 Å². The highest BCUT2D eigenvalue weighted by molar-refractivity contribution is 5.94. The molecule has 1 aliphatic heterocycles. The largest absolute Gasteiger partial charge is 0.496 e. The van der Waals surface area contributed by atoms with Crippen molar-refractivity contribution in [2.24, 2.45) is 5.92 Å². The second-order valence-corrected chi connectivity index (χ2v) is 8.87. The molecule has 2 aromatic heterocycles. The van der Waals surface area contributed by atoms with E-state index in [0.717, 1.165) is 48.2 Å². The van der Waals surface area contributed by atoms with Crippen molar-refractivity contribution in [2.75, 3.05) is 34.4 Å². The summed E-state index contributed by atoms with van der Waals surface area (Å²) in [6.07, 6.45) is 3.68. The Bertz CT molecular complexity index is 1120. The number of rotatable bonds is 9. The normalized spacial score (nSPS) is 14.8. The number of fused-ring (bicyclic) bond motifs is 1. The maximum Gasteiger partial charge on any atom is 0.255 e. The van der Waals surface area contributed by atoms with Gasteiger partial charge in [0.25, 0.3) is 5.91 Å². The van der Waals surface area contributed by atoms with Gasteiger partial charge in [-0.05, 0) is 12.0 Å². The molecule has 1 N–H and O–H groups in total. The van der Waals surface area contributed by atoms with Gasteiger partial charge in [-0.25, -0.2) is 0 Å². The molecule has 0 aliphatic carbocycles. The van der Waals surface area contributed by atoms with E-state index in [9.17, 15) is 4.79 Å². The Balaban J connectivity index is 1.52. The fourth-order valence-corrected chi connectivity index (χ4v) is 4.38. The van der Waals surface area contributed by atoms with Crippen LogP contribution in [0.1, 0.15) is 47.5 Å². The molecule has 4 rings (SSSR count). The third-order valence-corrected chi connectivity index (χ3v) is 6.36. The predicted octanol–water partition coefficient (Wildman–Crippen LogP) is 3.08. The summed E-state index contributed by atoms with van der Waals surface area (Å²) in [7, 11) is 4.92. The number of nitrogens with zero attached hydrogens (tertiary/aromatic N) is 4. The van der Waals surface area contributed by atoms with Crippen molar-refractivity contribution in [3.8, 4) is 17.2 Å². The lowest BCUT2D eigenvalue weighted by atomic mass is 10.0. The number of furan rings is 1. The van der Waals surface area contributed by atoms with Crippen molar-refractivity contribution in [3.63, 3.8) is 0 Å². The number of benzene rings is 1. The van der Waals surface area contributed by atoms with Crippen LogP contribution < -0.4 is 19.5 Å². The molecule has 0 spiro atoms.